The predicted octanol–water partition coefficient (Wildman–Crippen LogP) is -0.457. The number of carbonyl (C=O) groups excluding carboxylic acids is 1. The number of nitrogens with one attached hydrogen (secondary N) is 2. The summed E-state index contributed by atoms with van der Waals surface area (Å²) in [6.45, 7) is 3.06. The van der Waals surface area contributed by atoms with Gasteiger partial charge in [-0.05, 0) is 6.42 Å². The minimum absolute atomic E-state index is 0.0111. The zero-order valence-corrected chi connectivity index (χ0v) is 10.1. The van der Waals surface area contributed by atoms with Crippen LogP contribution in [0.2, 0.25) is 0 Å². The SMILES string of the molecule is CCCOc1nc(N)nc(NC2CNC(=O)C2)n1. The topological polar surface area (TPSA) is 115 Å². The molecule has 0 aromatic carbocycles. The molecular weight excluding hydrogens is 236 g/mol. The van der Waals surface area contributed by atoms with Gasteiger partial charge in [-0.2, -0.15) is 15.0 Å². The largest absolute Gasteiger partial charge is 0.463 e. The van der Waals surface area contributed by atoms with E-state index in [1.165, 1.54) is 0 Å². The van der Waals surface area contributed by atoms with Gasteiger partial charge in [-0.25, -0.2) is 0 Å². The summed E-state index contributed by atoms with van der Waals surface area (Å²) in [5.41, 5.74) is 5.57. The summed E-state index contributed by atoms with van der Waals surface area (Å²) < 4.78 is 5.30. The lowest BCUT2D eigenvalue weighted by molar-refractivity contribution is -0.119. The molecule has 1 aliphatic heterocycles. The monoisotopic (exact) mass is 252 g/mol. The summed E-state index contributed by atoms with van der Waals surface area (Å²) in [5.74, 6) is 0.433. The fourth-order valence-electron chi connectivity index (χ4n) is 1.58. The fraction of sp³-hybridized carbons (Fsp3) is 0.600. The van der Waals surface area contributed by atoms with Gasteiger partial charge < -0.3 is 21.1 Å². The molecule has 1 amide bonds. The second-order valence-electron chi connectivity index (χ2n) is 4.00. The van der Waals surface area contributed by atoms with E-state index in [-0.39, 0.29) is 23.9 Å². The molecule has 2 heterocycles. The minimum atomic E-state index is -0.0293. The standard InChI is InChI=1S/C10H16N6O2/c1-2-3-18-10-15-8(11)14-9(16-10)13-6-4-7(17)12-5-6/h6H,2-5H2,1H3,(H,12,17)(H3,11,13,14,15,16). The maximum absolute atomic E-state index is 11.1. The van der Waals surface area contributed by atoms with Crippen molar-refractivity contribution < 1.29 is 9.53 Å². The van der Waals surface area contributed by atoms with Crippen LogP contribution in [0.5, 0.6) is 6.01 Å². The van der Waals surface area contributed by atoms with Gasteiger partial charge in [-0.1, -0.05) is 6.92 Å². The lowest BCUT2D eigenvalue weighted by atomic mass is 10.3. The molecule has 1 saturated heterocycles. The van der Waals surface area contributed by atoms with Gasteiger partial charge in [0, 0.05) is 13.0 Å². The maximum atomic E-state index is 11.1. The lowest BCUT2D eigenvalue weighted by Gasteiger charge is -2.11. The van der Waals surface area contributed by atoms with Crippen molar-refractivity contribution in [2.45, 2.75) is 25.8 Å². The Bertz CT molecular complexity index is 438. The number of hydrogen-bond acceptors (Lipinski definition) is 7. The third-order valence-corrected chi connectivity index (χ3v) is 2.38. The highest BCUT2D eigenvalue weighted by molar-refractivity contribution is 5.79. The molecular formula is C10H16N6O2. The molecule has 1 aromatic heterocycles. The first kappa shape index (κ1) is 12.3. The Labute approximate surface area is 104 Å². The molecule has 8 nitrogen and oxygen atoms in total. The first-order valence-electron chi connectivity index (χ1n) is 5.85. The van der Waals surface area contributed by atoms with Crippen molar-refractivity contribution in [3.8, 4) is 6.01 Å². The van der Waals surface area contributed by atoms with Crippen LogP contribution in [0, 0.1) is 0 Å². The van der Waals surface area contributed by atoms with E-state index in [0.717, 1.165) is 6.42 Å². The van der Waals surface area contributed by atoms with Crippen LogP contribution in [-0.4, -0.2) is 40.1 Å². The van der Waals surface area contributed by atoms with Crippen LogP contribution in [0.3, 0.4) is 0 Å². The van der Waals surface area contributed by atoms with E-state index < -0.39 is 0 Å². The van der Waals surface area contributed by atoms with Gasteiger partial charge >= 0.3 is 6.01 Å². The van der Waals surface area contributed by atoms with E-state index in [1.807, 2.05) is 6.92 Å². The number of nitrogens with zero attached hydrogens (tertiary/aromatic N) is 3. The van der Waals surface area contributed by atoms with Crippen LogP contribution in [0.15, 0.2) is 0 Å². The average Bonchev–Trinajstić information content (AvgIpc) is 2.71. The first-order chi connectivity index (χ1) is 8.67. The molecule has 1 fully saturated rings. The minimum Gasteiger partial charge on any atom is -0.463 e. The lowest BCUT2D eigenvalue weighted by Crippen LogP contribution is -2.24. The van der Waals surface area contributed by atoms with Gasteiger partial charge in [0.05, 0.1) is 12.6 Å². The average molecular weight is 252 g/mol. The Morgan fingerprint density at radius 1 is 1.50 bits per heavy atom. The number of nitrogen functional groups attached to an aromatic ring is 1. The third-order valence-electron chi connectivity index (χ3n) is 2.38. The Kier molecular flexibility index (Phi) is 3.75. The maximum Gasteiger partial charge on any atom is 0.323 e. The zero-order chi connectivity index (χ0) is 13.0. The summed E-state index contributed by atoms with van der Waals surface area (Å²) in [6.07, 6.45) is 1.26. The number of anilines is 2. The summed E-state index contributed by atoms with van der Waals surface area (Å²) in [4.78, 5) is 23.0. The smallest absolute Gasteiger partial charge is 0.323 e. The second kappa shape index (κ2) is 5.48. The van der Waals surface area contributed by atoms with Crippen molar-refractivity contribution in [3.05, 3.63) is 0 Å². The molecule has 0 radical (unpaired) electrons. The molecule has 1 atom stereocenters. The summed E-state index contributed by atoms with van der Waals surface area (Å²) >= 11 is 0. The van der Waals surface area contributed by atoms with Crippen LogP contribution < -0.4 is 21.1 Å². The molecule has 2 rings (SSSR count). The van der Waals surface area contributed by atoms with Gasteiger partial charge in [0.25, 0.3) is 0 Å². The van der Waals surface area contributed by atoms with Crippen molar-refractivity contribution in [1.29, 1.82) is 0 Å². The number of aromatic nitrogens is 3. The molecule has 1 unspecified atom stereocenters. The Balaban J connectivity index is 2.03. The molecule has 18 heavy (non-hydrogen) atoms. The number of carbonyl (C=O) groups is 1. The number of ether oxygens (including phenoxy) is 1. The van der Waals surface area contributed by atoms with E-state index in [2.05, 4.69) is 25.6 Å². The van der Waals surface area contributed by atoms with E-state index in [9.17, 15) is 4.79 Å². The number of nitrogens with two attached hydrogens (primary N) is 1. The van der Waals surface area contributed by atoms with Gasteiger partial charge in [-0.15, -0.1) is 0 Å². The quantitative estimate of drug-likeness (QED) is 0.649. The summed E-state index contributed by atoms with van der Waals surface area (Å²) in [7, 11) is 0. The van der Waals surface area contributed by atoms with Crippen LogP contribution in [0.1, 0.15) is 19.8 Å². The van der Waals surface area contributed by atoms with Gasteiger partial charge in [0.1, 0.15) is 0 Å². The van der Waals surface area contributed by atoms with Crippen LogP contribution in [0.25, 0.3) is 0 Å². The van der Waals surface area contributed by atoms with Crippen molar-refractivity contribution in [2.75, 3.05) is 24.2 Å². The number of rotatable bonds is 5. The van der Waals surface area contributed by atoms with E-state index in [0.29, 0.717) is 25.5 Å². The first-order valence-corrected chi connectivity index (χ1v) is 5.85. The second-order valence-corrected chi connectivity index (χ2v) is 4.00. The van der Waals surface area contributed by atoms with Crippen molar-refractivity contribution in [2.24, 2.45) is 0 Å². The molecule has 0 saturated carbocycles. The molecule has 98 valence electrons. The highest BCUT2D eigenvalue weighted by Crippen LogP contribution is 2.12. The summed E-state index contributed by atoms with van der Waals surface area (Å²) in [6, 6.07) is 0.169. The van der Waals surface area contributed by atoms with Gasteiger partial charge in [0.15, 0.2) is 0 Å². The van der Waals surface area contributed by atoms with E-state index in [1.54, 1.807) is 0 Å². The molecule has 1 aliphatic rings. The fourth-order valence-corrected chi connectivity index (χ4v) is 1.58. The van der Waals surface area contributed by atoms with Gasteiger partial charge in [0.2, 0.25) is 17.8 Å². The molecule has 4 N–H and O–H groups in total. The molecule has 0 bridgehead atoms. The third kappa shape index (κ3) is 3.19. The van der Waals surface area contributed by atoms with Gasteiger partial charge in [-0.3, -0.25) is 4.79 Å². The molecule has 1 aromatic rings. The normalized spacial score (nSPS) is 18.5. The highest BCUT2D eigenvalue weighted by Gasteiger charge is 2.22. The molecule has 0 spiro atoms. The highest BCUT2D eigenvalue weighted by atomic mass is 16.5. The van der Waals surface area contributed by atoms with E-state index >= 15 is 0 Å². The van der Waals surface area contributed by atoms with Crippen molar-refractivity contribution in [1.82, 2.24) is 20.3 Å². The number of hydrogen-bond donors (Lipinski definition) is 3. The molecule has 8 heteroatoms. The van der Waals surface area contributed by atoms with Crippen molar-refractivity contribution in [3.63, 3.8) is 0 Å². The number of amides is 1. The van der Waals surface area contributed by atoms with Crippen molar-refractivity contribution >= 4 is 17.8 Å². The van der Waals surface area contributed by atoms with Crippen LogP contribution in [0.4, 0.5) is 11.9 Å². The molecule has 0 aliphatic carbocycles. The Hall–Kier alpha value is -2.12. The Morgan fingerprint density at radius 2 is 2.33 bits per heavy atom. The van der Waals surface area contributed by atoms with E-state index in [4.69, 9.17) is 10.5 Å². The zero-order valence-electron chi connectivity index (χ0n) is 10.1. The Morgan fingerprint density at radius 3 is 3.00 bits per heavy atom. The van der Waals surface area contributed by atoms with Crippen LogP contribution >= 0.6 is 0 Å². The van der Waals surface area contributed by atoms with Crippen LogP contribution in [-0.2, 0) is 4.79 Å². The summed E-state index contributed by atoms with van der Waals surface area (Å²) in [5, 5.41) is 5.74. The predicted molar refractivity (Wildman–Crippen MR) is 65.1 cm³/mol.